The molecule has 2 unspecified atom stereocenters. The molecule has 3 heterocycles. The van der Waals surface area contributed by atoms with Crippen molar-refractivity contribution in [1.29, 1.82) is 0 Å². The minimum atomic E-state index is -0.558. The molecule has 7 heteroatoms. The molecule has 1 aliphatic carbocycles. The van der Waals surface area contributed by atoms with Gasteiger partial charge < -0.3 is 15.5 Å². The third-order valence-corrected chi connectivity index (χ3v) is 7.47. The molecule has 2 atom stereocenters. The van der Waals surface area contributed by atoms with Crippen LogP contribution >= 0.6 is 11.3 Å². The average molecular weight is 424 g/mol. The van der Waals surface area contributed by atoms with Crippen molar-refractivity contribution in [2.75, 3.05) is 11.9 Å². The number of amides is 3. The van der Waals surface area contributed by atoms with Crippen molar-refractivity contribution in [2.24, 2.45) is 5.92 Å². The molecule has 2 fully saturated rings. The summed E-state index contributed by atoms with van der Waals surface area (Å²) in [6, 6.07) is 9.01. The van der Waals surface area contributed by atoms with Crippen molar-refractivity contribution in [1.82, 2.24) is 10.2 Å². The highest BCUT2D eigenvalue weighted by Gasteiger charge is 2.40. The highest BCUT2D eigenvalue weighted by atomic mass is 32.1. The molecule has 0 radical (unpaired) electrons. The van der Waals surface area contributed by atoms with Crippen LogP contribution in [0.2, 0.25) is 0 Å². The third kappa shape index (κ3) is 3.51. The molecule has 1 aromatic carbocycles. The van der Waals surface area contributed by atoms with Crippen LogP contribution in [0.15, 0.2) is 35.7 Å². The zero-order valence-electron chi connectivity index (χ0n) is 16.7. The fourth-order valence-corrected chi connectivity index (χ4v) is 5.62. The van der Waals surface area contributed by atoms with E-state index in [0.717, 1.165) is 36.1 Å². The average Bonchev–Trinajstić information content (AvgIpc) is 3.46. The second-order valence-corrected chi connectivity index (χ2v) is 9.40. The molecular weight excluding hydrogens is 398 g/mol. The van der Waals surface area contributed by atoms with Gasteiger partial charge in [-0.1, -0.05) is 25.0 Å². The van der Waals surface area contributed by atoms with Crippen molar-refractivity contribution in [2.45, 2.75) is 50.6 Å². The second-order valence-electron chi connectivity index (χ2n) is 8.45. The summed E-state index contributed by atoms with van der Waals surface area (Å²) in [6.45, 7) is 0.467. The lowest BCUT2D eigenvalue weighted by Crippen LogP contribution is -2.55. The molecule has 1 saturated carbocycles. The van der Waals surface area contributed by atoms with Crippen molar-refractivity contribution < 1.29 is 14.4 Å². The van der Waals surface area contributed by atoms with Gasteiger partial charge in [0.1, 0.15) is 6.04 Å². The van der Waals surface area contributed by atoms with Gasteiger partial charge in [0.15, 0.2) is 0 Å². The fourth-order valence-electron chi connectivity index (χ4n) is 4.89. The van der Waals surface area contributed by atoms with Gasteiger partial charge in [-0.05, 0) is 54.8 Å². The summed E-state index contributed by atoms with van der Waals surface area (Å²) in [5, 5.41) is 8.09. The first-order chi connectivity index (χ1) is 14.6. The van der Waals surface area contributed by atoms with Gasteiger partial charge >= 0.3 is 0 Å². The Balaban J connectivity index is 1.35. The Bertz CT molecular complexity index is 982. The van der Waals surface area contributed by atoms with Crippen LogP contribution in [0.25, 0.3) is 10.4 Å². The number of anilines is 1. The van der Waals surface area contributed by atoms with Gasteiger partial charge in [-0.25, -0.2) is 0 Å². The number of nitrogens with one attached hydrogen (secondary N) is 2. The third-order valence-electron chi connectivity index (χ3n) is 6.55. The molecule has 3 amide bonds. The maximum absolute atomic E-state index is 13.3. The number of piperidine rings is 1. The van der Waals surface area contributed by atoms with Crippen molar-refractivity contribution in [3.05, 3.63) is 41.3 Å². The lowest BCUT2D eigenvalue weighted by Gasteiger charge is -2.37. The summed E-state index contributed by atoms with van der Waals surface area (Å²) < 4.78 is 0. The zero-order chi connectivity index (χ0) is 20.7. The van der Waals surface area contributed by atoms with Crippen LogP contribution in [-0.4, -0.2) is 41.2 Å². The van der Waals surface area contributed by atoms with Crippen LogP contribution in [0.5, 0.6) is 0 Å². The van der Waals surface area contributed by atoms with Crippen molar-refractivity contribution >= 4 is 34.7 Å². The Morgan fingerprint density at radius 2 is 1.97 bits per heavy atom. The Morgan fingerprint density at radius 1 is 1.13 bits per heavy atom. The first-order valence-electron chi connectivity index (χ1n) is 10.7. The maximum atomic E-state index is 13.3. The van der Waals surface area contributed by atoms with E-state index >= 15 is 0 Å². The van der Waals surface area contributed by atoms with Gasteiger partial charge in [0.25, 0.3) is 5.91 Å². The summed E-state index contributed by atoms with van der Waals surface area (Å²) >= 11 is 1.62. The molecule has 0 bridgehead atoms. The van der Waals surface area contributed by atoms with E-state index in [1.165, 1.54) is 0 Å². The standard InChI is InChI=1S/C23H25N3O3S/c27-21(14-4-1-2-5-14)24-16-9-10-26-19(13-16)22(28)25-18-8-7-15(12-17(18)23(26)29)20-6-3-11-30-20/h3,6-8,11-12,14,16,19H,1-2,4-5,9-10,13H2,(H,24,27)(H,25,28). The highest BCUT2D eigenvalue weighted by Crippen LogP contribution is 2.33. The lowest BCUT2D eigenvalue weighted by atomic mass is 9.95. The number of rotatable bonds is 3. The van der Waals surface area contributed by atoms with E-state index in [1.54, 1.807) is 16.2 Å². The van der Waals surface area contributed by atoms with Crippen LogP contribution in [0.3, 0.4) is 0 Å². The summed E-state index contributed by atoms with van der Waals surface area (Å²) in [7, 11) is 0. The Morgan fingerprint density at radius 3 is 2.73 bits per heavy atom. The number of fused-ring (bicyclic) bond motifs is 2. The normalized spacial score (nSPS) is 24.1. The van der Waals surface area contributed by atoms with E-state index in [9.17, 15) is 14.4 Å². The number of hydrogen-bond donors (Lipinski definition) is 2. The monoisotopic (exact) mass is 423 g/mol. The first kappa shape index (κ1) is 19.3. The summed E-state index contributed by atoms with van der Waals surface area (Å²) in [5.74, 6) is -0.0826. The molecule has 156 valence electrons. The van der Waals surface area contributed by atoms with Crippen LogP contribution in [0.1, 0.15) is 48.9 Å². The van der Waals surface area contributed by atoms with Gasteiger partial charge in [0, 0.05) is 23.4 Å². The Kier molecular flexibility index (Phi) is 5.06. The lowest BCUT2D eigenvalue weighted by molar-refractivity contribution is -0.127. The molecule has 0 spiro atoms. The molecule has 3 aliphatic rings. The highest BCUT2D eigenvalue weighted by molar-refractivity contribution is 7.13. The quantitative estimate of drug-likeness (QED) is 0.791. The summed E-state index contributed by atoms with van der Waals surface area (Å²) in [5.41, 5.74) is 2.07. The SMILES string of the molecule is O=C(NC1CCN2C(=O)c3cc(-c4cccs4)ccc3NC(=O)C2C1)C1CCCC1. The van der Waals surface area contributed by atoms with Crippen molar-refractivity contribution in [3.63, 3.8) is 0 Å². The topological polar surface area (TPSA) is 78.5 Å². The smallest absolute Gasteiger partial charge is 0.256 e. The van der Waals surface area contributed by atoms with Gasteiger partial charge in [-0.15, -0.1) is 11.3 Å². The van der Waals surface area contributed by atoms with E-state index in [0.29, 0.717) is 30.6 Å². The van der Waals surface area contributed by atoms with E-state index in [4.69, 9.17) is 0 Å². The molecular formula is C23H25N3O3S. The Hall–Kier alpha value is -2.67. The van der Waals surface area contributed by atoms with Gasteiger partial charge in [-0.3, -0.25) is 14.4 Å². The number of carbonyl (C=O) groups excluding carboxylic acids is 3. The molecule has 1 saturated heterocycles. The van der Waals surface area contributed by atoms with E-state index in [-0.39, 0.29) is 29.7 Å². The Labute approximate surface area is 179 Å². The zero-order valence-corrected chi connectivity index (χ0v) is 17.5. The number of benzene rings is 1. The van der Waals surface area contributed by atoms with Crippen LogP contribution < -0.4 is 10.6 Å². The molecule has 2 N–H and O–H groups in total. The van der Waals surface area contributed by atoms with E-state index in [2.05, 4.69) is 10.6 Å². The molecule has 1 aromatic heterocycles. The maximum Gasteiger partial charge on any atom is 0.256 e. The summed E-state index contributed by atoms with van der Waals surface area (Å²) in [6.07, 6.45) is 5.27. The van der Waals surface area contributed by atoms with E-state index in [1.807, 2.05) is 35.7 Å². The molecule has 6 nitrogen and oxygen atoms in total. The predicted molar refractivity (Wildman–Crippen MR) is 116 cm³/mol. The van der Waals surface area contributed by atoms with Crippen LogP contribution in [0, 0.1) is 5.92 Å². The number of thiophene rings is 1. The molecule has 2 aliphatic heterocycles. The van der Waals surface area contributed by atoms with Gasteiger partial charge in [0.2, 0.25) is 11.8 Å². The van der Waals surface area contributed by atoms with Crippen LogP contribution in [-0.2, 0) is 9.59 Å². The van der Waals surface area contributed by atoms with Gasteiger partial charge in [-0.2, -0.15) is 0 Å². The molecule has 30 heavy (non-hydrogen) atoms. The minimum Gasteiger partial charge on any atom is -0.353 e. The number of nitrogens with zero attached hydrogens (tertiary/aromatic N) is 1. The largest absolute Gasteiger partial charge is 0.353 e. The minimum absolute atomic E-state index is 0.0687. The fraction of sp³-hybridized carbons (Fsp3) is 0.435. The second kappa shape index (κ2) is 7.87. The van der Waals surface area contributed by atoms with Crippen LogP contribution in [0.4, 0.5) is 5.69 Å². The predicted octanol–water partition coefficient (Wildman–Crippen LogP) is 3.65. The molecule has 2 aromatic rings. The van der Waals surface area contributed by atoms with E-state index < -0.39 is 6.04 Å². The summed E-state index contributed by atoms with van der Waals surface area (Å²) in [4.78, 5) is 41.6. The number of carbonyl (C=O) groups is 3. The van der Waals surface area contributed by atoms with Crippen molar-refractivity contribution in [3.8, 4) is 10.4 Å². The number of hydrogen-bond acceptors (Lipinski definition) is 4. The van der Waals surface area contributed by atoms with Gasteiger partial charge in [0.05, 0.1) is 11.3 Å². The molecule has 5 rings (SSSR count). The first-order valence-corrected chi connectivity index (χ1v) is 11.6.